The molecule has 100 valence electrons. The number of phenolic OH excluding ortho intramolecular Hbond substituents is 1. The highest BCUT2D eigenvalue weighted by Crippen LogP contribution is 2.35. The van der Waals surface area contributed by atoms with Crippen LogP contribution in [0.15, 0.2) is 12.1 Å². The normalized spacial score (nSPS) is 23.3. The number of nitrogens with two attached hydrogens (primary N) is 1. The molecule has 1 atom stereocenters. The molecule has 1 aromatic rings. The molecule has 0 bridgehead atoms. The zero-order valence-corrected chi connectivity index (χ0v) is 10.3. The van der Waals surface area contributed by atoms with Gasteiger partial charge in [0.05, 0.1) is 6.04 Å². The van der Waals surface area contributed by atoms with Crippen LogP contribution in [0.2, 0.25) is 0 Å². The zero-order chi connectivity index (χ0) is 13.6. The largest absolute Gasteiger partial charge is 0.508 e. The van der Waals surface area contributed by atoms with E-state index in [2.05, 4.69) is 5.32 Å². The predicted molar refractivity (Wildman–Crippen MR) is 67.9 cm³/mol. The van der Waals surface area contributed by atoms with E-state index >= 15 is 0 Å². The smallest absolute Gasteiger partial charge is 0.243 e. The van der Waals surface area contributed by atoms with Crippen LogP contribution in [0, 0.1) is 0 Å². The maximum atomic E-state index is 11.8. The second kappa shape index (κ2) is 4.24. The number of anilines is 1. The summed E-state index contributed by atoms with van der Waals surface area (Å²) in [6.07, 6.45) is 0.865. The van der Waals surface area contributed by atoms with Gasteiger partial charge in [-0.3, -0.25) is 19.8 Å². The summed E-state index contributed by atoms with van der Waals surface area (Å²) in [5, 5.41) is 12.2. The lowest BCUT2D eigenvalue weighted by molar-refractivity contribution is -0.137. The zero-order valence-electron chi connectivity index (χ0n) is 10.3. The molecule has 6 nitrogen and oxygen atoms in total. The Labute approximate surface area is 110 Å². The highest BCUT2D eigenvalue weighted by molar-refractivity contribution is 6.00. The van der Waals surface area contributed by atoms with Crippen LogP contribution in [-0.4, -0.2) is 27.9 Å². The lowest BCUT2D eigenvalue weighted by atomic mass is 10.0. The molecule has 1 fully saturated rings. The van der Waals surface area contributed by atoms with Crippen molar-refractivity contribution in [2.75, 3.05) is 5.73 Å². The molecule has 0 spiro atoms. The van der Waals surface area contributed by atoms with Gasteiger partial charge in [-0.05, 0) is 24.1 Å². The van der Waals surface area contributed by atoms with Crippen LogP contribution < -0.4 is 11.1 Å². The van der Waals surface area contributed by atoms with Crippen LogP contribution in [0.4, 0.5) is 5.69 Å². The van der Waals surface area contributed by atoms with Gasteiger partial charge in [-0.15, -0.1) is 0 Å². The van der Waals surface area contributed by atoms with Gasteiger partial charge in [-0.2, -0.15) is 0 Å². The number of rotatable bonds is 1. The number of nitrogens with one attached hydrogen (secondary N) is 1. The fourth-order valence-electron chi connectivity index (χ4n) is 2.77. The summed E-state index contributed by atoms with van der Waals surface area (Å²) in [4.78, 5) is 24.9. The molecule has 1 saturated heterocycles. The third-order valence-electron chi connectivity index (χ3n) is 3.82. The number of piperidine rings is 1. The Morgan fingerprint density at radius 1 is 1.26 bits per heavy atom. The average Bonchev–Trinajstić information content (AvgIpc) is 2.80. The van der Waals surface area contributed by atoms with E-state index < -0.39 is 0 Å². The molecule has 4 N–H and O–H groups in total. The summed E-state index contributed by atoms with van der Waals surface area (Å²) < 4.78 is 0. The van der Waals surface area contributed by atoms with E-state index in [9.17, 15) is 14.7 Å². The van der Waals surface area contributed by atoms with Crippen molar-refractivity contribution < 1.29 is 14.7 Å². The second-order valence-corrected chi connectivity index (χ2v) is 5.00. The Hall–Kier alpha value is -2.08. The molecule has 2 aliphatic heterocycles. The van der Waals surface area contributed by atoms with Crippen molar-refractivity contribution in [3.63, 3.8) is 0 Å². The minimum atomic E-state index is -0.330. The number of aromatic hydroxyl groups is 1. The molecule has 2 heterocycles. The first-order valence-corrected chi connectivity index (χ1v) is 6.23. The Bertz CT molecular complexity index is 539. The van der Waals surface area contributed by atoms with Gasteiger partial charge in [0.2, 0.25) is 11.8 Å². The predicted octanol–water partition coefficient (Wildman–Crippen LogP) is 0.0952. The molecule has 3 rings (SSSR count). The maximum Gasteiger partial charge on any atom is 0.243 e. The summed E-state index contributed by atoms with van der Waals surface area (Å²) >= 11 is 0. The van der Waals surface area contributed by atoms with E-state index in [1.165, 1.54) is 0 Å². The van der Waals surface area contributed by atoms with Gasteiger partial charge in [0, 0.05) is 30.8 Å². The van der Waals surface area contributed by atoms with E-state index in [1.807, 2.05) is 4.90 Å². The van der Waals surface area contributed by atoms with Gasteiger partial charge >= 0.3 is 0 Å². The Balaban J connectivity index is 1.84. The van der Waals surface area contributed by atoms with E-state index in [1.54, 1.807) is 12.1 Å². The summed E-state index contributed by atoms with van der Waals surface area (Å²) in [7, 11) is 0. The summed E-state index contributed by atoms with van der Waals surface area (Å²) in [5.41, 5.74) is 8.19. The molecular weight excluding hydrogens is 246 g/mol. The third-order valence-corrected chi connectivity index (χ3v) is 3.82. The Kier molecular flexibility index (Phi) is 2.67. The van der Waals surface area contributed by atoms with E-state index in [0.29, 0.717) is 31.6 Å². The number of hydrogen-bond donors (Lipinski definition) is 3. The van der Waals surface area contributed by atoms with Crippen LogP contribution in [0.3, 0.4) is 0 Å². The van der Waals surface area contributed by atoms with Crippen molar-refractivity contribution in [2.45, 2.75) is 32.0 Å². The minimum absolute atomic E-state index is 0.207. The maximum absolute atomic E-state index is 11.8. The molecule has 2 aliphatic rings. The first-order valence-electron chi connectivity index (χ1n) is 6.23. The number of benzene rings is 1. The first-order chi connectivity index (χ1) is 9.06. The number of fused-ring (bicyclic) bond motifs is 1. The number of carbonyl (C=O) groups is 2. The van der Waals surface area contributed by atoms with E-state index in [0.717, 1.165) is 11.1 Å². The topological polar surface area (TPSA) is 95.7 Å². The van der Waals surface area contributed by atoms with Crippen molar-refractivity contribution in [1.29, 1.82) is 0 Å². The van der Waals surface area contributed by atoms with Gasteiger partial charge in [-0.1, -0.05) is 0 Å². The van der Waals surface area contributed by atoms with Crippen LogP contribution in [0.1, 0.15) is 24.0 Å². The average molecular weight is 261 g/mol. The molecule has 6 heteroatoms. The highest BCUT2D eigenvalue weighted by Gasteiger charge is 2.36. The van der Waals surface area contributed by atoms with Gasteiger partial charge in [0.25, 0.3) is 0 Å². The summed E-state index contributed by atoms with van der Waals surface area (Å²) in [5.74, 6) is -0.276. The Morgan fingerprint density at radius 3 is 2.68 bits per heavy atom. The first kappa shape index (κ1) is 12.0. The van der Waals surface area contributed by atoms with Crippen molar-refractivity contribution in [3.05, 3.63) is 23.3 Å². The van der Waals surface area contributed by atoms with Crippen LogP contribution in [0.5, 0.6) is 5.75 Å². The van der Waals surface area contributed by atoms with Gasteiger partial charge in [0.15, 0.2) is 0 Å². The fraction of sp³-hybridized carbons (Fsp3) is 0.385. The lowest BCUT2D eigenvalue weighted by Gasteiger charge is -2.29. The lowest BCUT2D eigenvalue weighted by Crippen LogP contribution is -2.50. The molecule has 0 radical (unpaired) electrons. The summed E-state index contributed by atoms with van der Waals surface area (Å²) in [6, 6.07) is 2.91. The SMILES string of the molecule is Nc1ccc(O)c2c1CN(C1CCC(=O)NC1=O)C2. The summed E-state index contributed by atoms with van der Waals surface area (Å²) in [6.45, 7) is 1.01. The number of imide groups is 1. The standard InChI is InChI=1S/C13H15N3O3/c14-9-1-3-11(17)8-6-16(5-7(8)9)10-2-4-12(18)15-13(10)19/h1,3,10,17H,2,4-6,14H2,(H,15,18,19). The number of carbonyl (C=O) groups excluding carboxylic acids is 2. The van der Waals surface area contributed by atoms with Crippen LogP contribution in [0.25, 0.3) is 0 Å². The molecule has 19 heavy (non-hydrogen) atoms. The van der Waals surface area contributed by atoms with E-state index in [-0.39, 0.29) is 23.6 Å². The molecule has 0 aromatic heterocycles. The van der Waals surface area contributed by atoms with Gasteiger partial charge in [0.1, 0.15) is 5.75 Å². The fourth-order valence-corrected chi connectivity index (χ4v) is 2.77. The second-order valence-electron chi connectivity index (χ2n) is 5.00. The van der Waals surface area contributed by atoms with Gasteiger partial charge in [-0.25, -0.2) is 0 Å². The molecule has 2 amide bonds. The molecular formula is C13H15N3O3. The highest BCUT2D eigenvalue weighted by atomic mass is 16.3. The quantitative estimate of drug-likeness (QED) is 0.378. The van der Waals surface area contributed by atoms with E-state index in [4.69, 9.17) is 5.73 Å². The minimum Gasteiger partial charge on any atom is -0.508 e. The monoisotopic (exact) mass is 261 g/mol. The molecule has 1 aromatic carbocycles. The number of nitrogens with zero attached hydrogens (tertiary/aromatic N) is 1. The molecule has 1 unspecified atom stereocenters. The van der Waals surface area contributed by atoms with Crippen molar-refractivity contribution in [3.8, 4) is 5.75 Å². The number of nitrogen functional groups attached to an aromatic ring is 1. The molecule has 0 saturated carbocycles. The Morgan fingerprint density at radius 2 is 2.00 bits per heavy atom. The van der Waals surface area contributed by atoms with Crippen molar-refractivity contribution in [2.24, 2.45) is 0 Å². The number of hydrogen-bond acceptors (Lipinski definition) is 5. The third kappa shape index (κ3) is 1.94. The van der Waals surface area contributed by atoms with Gasteiger partial charge < -0.3 is 10.8 Å². The van der Waals surface area contributed by atoms with Crippen LogP contribution in [-0.2, 0) is 22.7 Å². The molecule has 0 aliphatic carbocycles. The van der Waals surface area contributed by atoms with Crippen molar-refractivity contribution >= 4 is 17.5 Å². The number of amides is 2. The van der Waals surface area contributed by atoms with Crippen LogP contribution >= 0.6 is 0 Å². The van der Waals surface area contributed by atoms with Crippen molar-refractivity contribution in [1.82, 2.24) is 10.2 Å². The number of phenols is 1.